The molecule has 0 saturated heterocycles. The lowest BCUT2D eigenvalue weighted by atomic mass is 9.87. The van der Waals surface area contributed by atoms with Crippen LogP contribution in [0.15, 0.2) is 24.3 Å². The van der Waals surface area contributed by atoms with Crippen molar-refractivity contribution in [1.29, 1.82) is 0 Å². The van der Waals surface area contributed by atoms with Crippen molar-refractivity contribution in [3.8, 4) is 0 Å². The van der Waals surface area contributed by atoms with Gasteiger partial charge in [-0.05, 0) is 30.0 Å². The van der Waals surface area contributed by atoms with E-state index in [0.29, 0.717) is 0 Å². The van der Waals surface area contributed by atoms with Crippen molar-refractivity contribution in [3.63, 3.8) is 0 Å². The Bertz CT molecular complexity index is 484. The summed E-state index contributed by atoms with van der Waals surface area (Å²) in [6, 6.07) is 8.07. The van der Waals surface area contributed by atoms with E-state index in [4.69, 9.17) is 0 Å². The van der Waals surface area contributed by atoms with Gasteiger partial charge < -0.3 is 5.32 Å². The summed E-state index contributed by atoms with van der Waals surface area (Å²) in [7, 11) is -2.94. The van der Waals surface area contributed by atoms with E-state index in [2.05, 4.69) is 38.2 Å². The molecular formula is C14H23NO2S. The molecule has 1 unspecified atom stereocenters. The monoisotopic (exact) mass is 269 g/mol. The van der Waals surface area contributed by atoms with Crippen molar-refractivity contribution in [2.45, 2.75) is 39.2 Å². The maximum absolute atomic E-state index is 11.2. The molecule has 0 radical (unpaired) electrons. The van der Waals surface area contributed by atoms with Gasteiger partial charge in [-0.15, -0.1) is 0 Å². The fourth-order valence-corrected chi connectivity index (χ4v) is 2.84. The molecule has 0 saturated carbocycles. The van der Waals surface area contributed by atoms with Crippen molar-refractivity contribution < 1.29 is 8.42 Å². The Morgan fingerprint density at radius 2 is 1.67 bits per heavy atom. The molecule has 102 valence electrons. The first-order valence-electron chi connectivity index (χ1n) is 6.13. The van der Waals surface area contributed by atoms with Crippen molar-refractivity contribution in [1.82, 2.24) is 0 Å². The van der Waals surface area contributed by atoms with Crippen LogP contribution >= 0.6 is 0 Å². The van der Waals surface area contributed by atoms with E-state index in [1.165, 1.54) is 11.8 Å². The summed E-state index contributed by atoms with van der Waals surface area (Å²) in [5.41, 5.74) is 2.36. The lowest BCUT2D eigenvalue weighted by Crippen LogP contribution is -2.25. The predicted molar refractivity (Wildman–Crippen MR) is 77.9 cm³/mol. The van der Waals surface area contributed by atoms with Crippen LogP contribution in [0.4, 0.5) is 5.69 Å². The highest BCUT2D eigenvalue weighted by molar-refractivity contribution is 7.90. The topological polar surface area (TPSA) is 46.2 Å². The molecule has 4 heteroatoms. The van der Waals surface area contributed by atoms with Gasteiger partial charge in [-0.25, -0.2) is 8.42 Å². The molecule has 18 heavy (non-hydrogen) atoms. The van der Waals surface area contributed by atoms with Crippen LogP contribution < -0.4 is 5.32 Å². The third-order valence-electron chi connectivity index (χ3n) is 2.72. The highest BCUT2D eigenvalue weighted by Gasteiger charge is 2.14. The van der Waals surface area contributed by atoms with Gasteiger partial charge in [-0.3, -0.25) is 0 Å². The summed E-state index contributed by atoms with van der Waals surface area (Å²) in [5.74, 6) is 0.147. The minimum Gasteiger partial charge on any atom is -0.382 e. The molecule has 0 fully saturated rings. The Morgan fingerprint density at radius 3 is 2.06 bits per heavy atom. The van der Waals surface area contributed by atoms with Gasteiger partial charge >= 0.3 is 0 Å². The minimum absolute atomic E-state index is 0.0829. The Hall–Kier alpha value is -1.03. The normalized spacial score (nSPS) is 14.3. The Balaban J connectivity index is 2.70. The molecule has 1 atom stereocenters. The van der Waals surface area contributed by atoms with E-state index in [1.54, 1.807) is 0 Å². The van der Waals surface area contributed by atoms with Gasteiger partial charge in [0.2, 0.25) is 0 Å². The summed E-state index contributed by atoms with van der Waals surface area (Å²) >= 11 is 0. The molecule has 0 amide bonds. The molecule has 0 spiro atoms. The molecule has 1 N–H and O–H groups in total. The largest absolute Gasteiger partial charge is 0.382 e. The van der Waals surface area contributed by atoms with E-state index in [-0.39, 0.29) is 17.2 Å². The number of hydrogen-bond acceptors (Lipinski definition) is 3. The molecule has 0 aromatic heterocycles. The van der Waals surface area contributed by atoms with Crippen LogP contribution in [-0.2, 0) is 15.3 Å². The molecule has 3 nitrogen and oxygen atoms in total. The summed E-state index contributed by atoms with van der Waals surface area (Å²) in [5, 5.41) is 3.20. The molecule has 1 aromatic carbocycles. The summed E-state index contributed by atoms with van der Waals surface area (Å²) in [4.78, 5) is 0. The van der Waals surface area contributed by atoms with E-state index in [0.717, 1.165) is 5.69 Å². The lowest BCUT2D eigenvalue weighted by Gasteiger charge is -2.20. The molecule has 1 aromatic rings. The van der Waals surface area contributed by atoms with Crippen LogP contribution in [0.3, 0.4) is 0 Å². The fraction of sp³-hybridized carbons (Fsp3) is 0.571. The zero-order valence-electron chi connectivity index (χ0n) is 11.8. The third-order valence-corrected chi connectivity index (χ3v) is 3.82. The third kappa shape index (κ3) is 5.08. The van der Waals surface area contributed by atoms with Crippen molar-refractivity contribution in [2.24, 2.45) is 0 Å². The van der Waals surface area contributed by atoms with Gasteiger partial charge in [0.15, 0.2) is 0 Å². The van der Waals surface area contributed by atoms with Crippen LogP contribution in [0.1, 0.15) is 33.3 Å². The number of benzene rings is 1. The number of nitrogens with one attached hydrogen (secondary N) is 1. The zero-order chi connectivity index (χ0) is 14.0. The molecular weight excluding hydrogens is 246 g/mol. The quantitative estimate of drug-likeness (QED) is 0.914. The van der Waals surface area contributed by atoms with Gasteiger partial charge in [0, 0.05) is 18.0 Å². The maximum atomic E-state index is 11.2. The number of sulfone groups is 1. The number of anilines is 1. The van der Waals surface area contributed by atoms with E-state index in [9.17, 15) is 8.42 Å². The van der Waals surface area contributed by atoms with Crippen LogP contribution in [-0.4, -0.2) is 26.5 Å². The van der Waals surface area contributed by atoms with Crippen LogP contribution in [0.25, 0.3) is 0 Å². The van der Waals surface area contributed by atoms with Crippen molar-refractivity contribution in [2.75, 3.05) is 17.3 Å². The molecule has 1 rings (SSSR count). The number of rotatable bonds is 4. The standard InChI is InChI=1S/C14H23NO2S/c1-11(10-18(5,16)17)15-13-8-6-12(7-9-13)14(2,3)4/h6-9,11,15H,10H2,1-5H3. The second kappa shape index (κ2) is 5.31. The maximum Gasteiger partial charge on any atom is 0.149 e. The average molecular weight is 269 g/mol. The second-order valence-electron chi connectivity index (χ2n) is 5.97. The molecule has 0 aliphatic rings. The van der Waals surface area contributed by atoms with E-state index < -0.39 is 9.84 Å². The summed E-state index contributed by atoms with van der Waals surface area (Å²) < 4.78 is 22.4. The highest BCUT2D eigenvalue weighted by Crippen LogP contribution is 2.23. The SMILES string of the molecule is CC(CS(C)(=O)=O)Nc1ccc(C(C)(C)C)cc1. The molecule has 0 bridgehead atoms. The lowest BCUT2D eigenvalue weighted by molar-refractivity contribution is 0.590. The summed E-state index contributed by atoms with van der Waals surface area (Å²) in [6.07, 6.45) is 1.26. The first-order chi connectivity index (χ1) is 8.08. The molecule has 0 heterocycles. The van der Waals surface area contributed by atoms with Gasteiger partial charge in [0.1, 0.15) is 9.84 Å². The molecule has 0 aliphatic carbocycles. The first-order valence-corrected chi connectivity index (χ1v) is 8.19. The number of hydrogen-bond donors (Lipinski definition) is 1. The van der Waals surface area contributed by atoms with Crippen LogP contribution in [0, 0.1) is 0 Å². The van der Waals surface area contributed by atoms with Gasteiger partial charge in [-0.2, -0.15) is 0 Å². The Morgan fingerprint density at radius 1 is 1.17 bits per heavy atom. The second-order valence-corrected chi connectivity index (χ2v) is 8.15. The van der Waals surface area contributed by atoms with Gasteiger partial charge in [-0.1, -0.05) is 32.9 Å². The van der Waals surface area contributed by atoms with Crippen molar-refractivity contribution in [3.05, 3.63) is 29.8 Å². The zero-order valence-corrected chi connectivity index (χ0v) is 12.6. The van der Waals surface area contributed by atoms with E-state index in [1.807, 2.05) is 19.1 Å². The summed E-state index contributed by atoms with van der Waals surface area (Å²) in [6.45, 7) is 8.38. The fourth-order valence-electron chi connectivity index (χ4n) is 1.85. The predicted octanol–water partition coefficient (Wildman–Crippen LogP) is 2.83. The van der Waals surface area contributed by atoms with Crippen LogP contribution in [0.5, 0.6) is 0 Å². The van der Waals surface area contributed by atoms with Crippen LogP contribution in [0.2, 0.25) is 0 Å². The first kappa shape index (κ1) is 15.0. The van der Waals surface area contributed by atoms with Gasteiger partial charge in [0.25, 0.3) is 0 Å². The van der Waals surface area contributed by atoms with E-state index >= 15 is 0 Å². The average Bonchev–Trinajstić information content (AvgIpc) is 2.13. The minimum atomic E-state index is -2.94. The smallest absolute Gasteiger partial charge is 0.149 e. The molecule has 0 aliphatic heterocycles. The van der Waals surface area contributed by atoms with Crippen molar-refractivity contribution >= 4 is 15.5 Å². The highest BCUT2D eigenvalue weighted by atomic mass is 32.2. The van der Waals surface area contributed by atoms with Gasteiger partial charge in [0.05, 0.1) is 5.75 Å². The Labute approximate surface area is 111 Å². The Kier molecular flexibility index (Phi) is 4.43.